The van der Waals surface area contributed by atoms with Gasteiger partial charge in [0.25, 0.3) is 0 Å². The zero-order valence-electron chi connectivity index (χ0n) is 16.4. The maximum absolute atomic E-state index is 9.77. The van der Waals surface area contributed by atoms with Crippen LogP contribution in [0.3, 0.4) is 0 Å². The van der Waals surface area contributed by atoms with Crippen LogP contribution in [0, 0.1) is 0 Å². The summed E-state index contributed by atoms with van der Waals surface area (Å²) in [5.41, 5.74) is 2.55. The lowest BCUT2D eigenvalue weighted by Crippen LogP contribution is -2.40. The number of halogens is 1. The largest absolute Gasteiger partial charge is 0.391 e. The van der Waals surface area contributed by atoms with Crippen LogP contribution in [0.4, 0.5) is 0 Å². The van der Waals surface area contributed by atoms with Gasteiger partial charge in [-0.3, -0.25) is 4.90 Å². The average molecular weight is 488 g/mol. The molecule has 2 atom stereocenters. The fourth-order valence-corrected chi connectivity index (χ4v) is 3.64. The number of morpholine rings is 1. The van der Waals surface area contributed by atoms with Crippen LogP contribution < -0.4 is 5.32 Å². The second-order valence-electron chi connectivity index (χ2n) is 7.30. The van der Waals surface area contributed by atoms with Crippen molar-refractivity contribution in [3.63, 3.8) is 0 Å². The standard InChI is InChI=1S/C20H32N4O2.HI/c1-3-21-20(24-8-7-19(25)15-24)22-12-17-5-4-6-18(11-17)14-23-9-10-26-16(2)13-23;/h4-6,11,16,19,25H,3,7-10,12-15H2,1-2H3,(H,21,22);1H/t16?,19-;/m1./s1. The number of guanidine groups is 1. The SMILES string of the molecule is CCNC(=NCc1cccc(CN2CCOC(C)C2)c1)N1CC[C@@H](O)C1.I. The zero-order valence-corrected chi connectivity index (χ0v) is 18.8. The second-order valence-corrected chi connectivity index (χ2v) is 7.30. The van der Waals surface area contributed by atoms with Crippen LogP contribution >= 0.6 is 24.0 Å². The summed E-state index contributed by atoms with van der Waals surface area (Å²) in [7, 11) is 0. The van der Waals surface area contributed by atoms with E-state index in [1.54, 1.807) is 0 Å². The Kier molecular flexibility index (Phi) is 9.28. The van der Waals surface area contributed by atoms with E-state index in [0.29, 0.717) is 19.2 Å². The van der Waals surface area contributed by atoms with Crippen molar-refractivity contribution in [3.8, 4) is 0 Å². The van der Waals surface area contributed by atoms with Crippen molar-refractivity contribution in [2.75, 3.05) is 39.3 Å². The molecule has 27 heavy (non-hydrogen) atoms. The quantitative estimate of drug-likeness (QED) is 0.378. The minimum absolute atomic E-state index is 0. The van der Waals surface area contributed by atoms with Crippen molar-refractivity contribution in [1.82, 2.24) is 15.1 Å². The van der Waals surface area contributed by atoms with E-state index in [0.717, 1.165) is 51.7 Å². The van der Waals surface area contributed by atoms with Crippen LogP contribution in [0.5, 0.6) is 0 Å². The Bertz CT molecular complexity index is 613. The number of benzene rings is 1. The van der Waals surface area contributed by atoms with E-state index >= 15 is 0 Å². The van der Waals surface area contributed by atoms with Gasteiger partial charge in [-0.1, -0.05) is 24.3 Å². The second kappa shape index (κ2) is 11.2. The molecule has 0 aromatic heterocycles. The van der Waals surface area contributed by atoms with Gasteiger partial charge in [-0.15, -0.1) is 24.0 Å². The molecule has 2 saturated heterocycles. The maximum atomic E-state index is 9.77. The third-order valence-corrected chi connectivity index (χ3v) is 4.93. The Morgan fingerprint density at radius 2 is 2.11 bits per heavy atom. The molecule has 2 N–H and O–H groups in total. The predicted octanol–water partition coefficient (Wildman–Crippen LogP) is 2.06. The molecule has 1 aromatic rings. The minimum Gasteiger partial charge on any atom is -0.391 e. The van der Waals surface area contributed by atoms with Crippen LogP contribution in [0.25, 0.3) is 0 Å². The highest BCUT2D eigenvalue weighted by atomic mass is 127. The number of rotatable bonds is 5. The Balaban J connectivity index is 0.00000261. The van der Waals surface area contributed by atoms with E-state index in [4.69, 9.17) is 9.73 Å². The normalized spacial score (nSPS) is 24.0. The predicted molar refractivity (Wildman–Crippen MR) is 120 cm³/mol. The number of nitrogens with zero attached hydrogens (tertiary/aromatic N) is 3. The molecule has 6 nitrogen and oxygen atoms in total. The number of aliphatic hydroxyl groups is 1. The van der Waals surface area contributed by atoms with Gasteiger partial charge in [-0.2, -0.15) is 0 Å². The van der Waals surface area contributed by atoms with Crippen LogP contribution in [-0.4, -0.2) is 72.4 Å². The number of nitrogens with one attached hydrogen (secondary N) is 1. The molecule has 0 spiro atoms. The molecule has 0 radical (unpaired) electrons. The molecule has 1 aromatic carbocycles. The fraction of sp³-hybridized carbons (Fsp3) is 0.650. The molecule has 0 amide bonds. The molecule has 2 aliphatic heterocycles. The number of hydrogen-bond acceptors (Lipinski definition) is 4. The first-order valence-electron chi connectivity index (χ1n) is 9.77. The minimum atomic E-state index is -0.238. The van der Waals surface area contributed by atoms with Gasteiger partial charge in [0.1, 0.15) is 0 Å². The monoisotopic (exact) mass is 488 g/mol. The number of β-amino-alcohol motifs (C(OH)–C–C–N with tert-alkyl or cyclic N) is 1. The van der Waals surface area contributed by atoms with Gasteiger partial charge in [0, 0.05) is 39.3 Å². The van der Waals surface area contributed by atoms with Gasteiger partial charge in [0.05, 0.1) is 25.4 Å². The van der Waals surface area contributed by atoms with Gasteiger partial charge in [0.2, 0.25) is 0 Å². The van der Waals surface area contributed by atoms with Crippen molar-refractivity contribution in [2.45, 2.75) is 45.6 Å². The van der Waals surface area contributed by atoms with Gasteiger partial charge in [-0.05, 0) is 31.4 Å². The number of ether oxygens (including phenoxy) is 1. The Labute approximate surface area is 180 Å². The molecule has 2 heterocycles. The highest BCUT2D eigenvalue weighted by Crippen LogP contribution is 2.14. The summed E-state index contributed by atoms with van der Waals surface area (Å²) in [5.74, 6) is 0.899. The Morgan fingerprint density at radius 1 is 1.30 bits per heavy atom. The molecule has 7 heteroatoms. The number of hydrogen-bond donors (Lipinski definition) is 2. The molecular weight excluding hydrogens is 455 g/mol. The number of aliphatic imine (C=N–C) groups is 1. The molecule has 0 aliphatic carbocycles. The van der Waals surface area contributed by atoms with Gasteiger partial charge >= 0.3 is 0 Å². The van der Waals surface area contributed by atoms with Crippen molar-refractivity contribution >= 4 is 29.9 Å². The van der Waals surface area contributed by atoms with E-state index in [1.165, 1.54) is 11.1 Å². The van der Waals surface area contributed by atoms with Crippen molar-refractivity contribution < 1.29 is 9.84 Å². The number of aliphatic hydroxyl groups excluding tert-OH is 1. The third kappa shape index (κ3) is 6.89. The smallest absolute Gasteiger partial charge is 0.194 e. The first-order chi connectivity index (χ1) is 12.6. The van der Waals surface area contributed by atoms with E-state index in [9.17, 15) is 5.11 Å². The highest BCUT2D eigenvalue weighted by Gasteiger charge is 2.22. The van der Waals surface area contributed by atoms with Crippen molar-refractivity contribution in [3.05, 3.63) is 35.4 Å². The molecule has 0 saturated carbocycles. The first-order valence-corrected chi connectivity index (χ1v) is 9.77. The Hall–Kier alpha value is -0.900. The molecule has 2 aliphatic rings. The van der Waals surface area contributed by atoms with Crippen LogP contribution in [0.2, 0.25) is 0 Å². The summed E-state index contributed by atoms with van der Waals surface area (Å²) in [5, 5.41) is 13.1. The van der Waals surface area contributed by atoms with Gasteiger partial charge in [0.15, 0.2) is 5.96 Å². The first kappa shape index (κ1) is 22.4. The summed E-state index contributed by atoms with van der Waals surface area (Å²) in [6.45, 7) is 11.0. The summed E-state index contributed by atoms with van der Waals surface area (Å²) in [6.07, 6.45) is 0.894. The molecular formula is C20H33IN4O2. The van der Waals surface area contributed by atoms with Gasteiger partial charge in [-0.25, -0.2) is 4.99 Å². The summed E-state index contributed by atoms with van der Waals surface area (Å²) in [4.78, 5) is 9.38. The molecule has 2 fully saturated rings. The zero-order chi connectivity index (χ0) is 18.4. The van der Waals surface area contributed by atoms with Crippen molar-refractivity contribution in [1.29, 1.82) is 0 Å². The summed E-state index contributed by atoms with van der Waals surface area (Å²) >= 11 is 0. The third-order valence-electron chi connectivity index (χ3n) is 4.93. The summed E-state index contributed by atoms with van der Waals surface area (Å²) < 4.78 is 5.62. The van der Waals surface area contributed by atoms with Crippen LogP contribution in [0.15, 0.2) is 29.3 Å². The maximum Gasteiger partial charge on any atom is 0.194 e. The fourth-order valence-electron chi connectivity index (χ4n) is 3.64. The van der Waals surface area contributed by atoms with E-state index < -0.39 is 0 Å². The molecule has 152 valence electrons. The lowest BCUT2D eigenvalue weighted by molar-refractivity contribution is -0.0212. The topological polar surface area (TPSA) is 60.3 Å². The Morgan fingerprint density at radius 3 is 2.81 bits per heavy atom. The lowest BCUT2D eigenvalue weighted by Gasteiger charge is -2.31. The average Bonchev–Trinajstić information content (AvgIpc) is 3.05. The van der Waals surface area contributed by atoms with Gasteiger partial charge < -0.3 is 20.1 Å². The summed E-state index contributed by atoms with van der Waals surface area (Å²) in [6, 6.07) is 8.70. The highest BCUT2D eigenvalue weighted by molar-refractivity contribution is 14.0. The van der Waals surface area contributed by atoms with E-state index in [2.05, 4.69) is 53.2 Å². The molecule has 1 unspecified atom stereocenters. The van der Waals surface area contributed by atoms with E-state index in [-0.39, 0.29) is 30.1 Å². The molecule has 0 bridgehead atoms. The lowest BCUT2D eigenvalue weighted by atomic mass is 10.1. The van der Waals surface area contributed by atoms with Crippen molar-refractivity contribution in [2.24, 2.45) is 4.99 Å². The van der Waals surface area contributed by atoms with Crippen LogP contribution in [0.1, 0.15) is 31.4 Å². The van der Waals surface area contributed by atoms with E-state index in [1.807, 2.05) is 0 Å². The molecule has 3 rings (SSSR count). The number of likely N-dealkylation sites (tertiary alicyclic amines) is 1. The van der Waals surface area contributed by atoms with Crippen LogP contribution in [-0.2, 0) is 17.8 Å².